The Balaban J connectivity index is 1.77. The van der Waals surface area contributed by atoms with Crippen molar-refractivity contribution in [3.05, 3.63) is 96.5 Å². The molecule has 1 aromatic heterocycles. The predicted molar refractivity (Wildman–Crippen MR) is 104 cm³/mol. The van der Waals surface area contributed by atoms with Crippen LogP contribution in [0.25, 0.3) is 0 Å². The van der Waals surface area contributed by atoms with Crippen LogP contribution in [0.3, 0.4) is 0 Å². The molecular formula is C22H20N2O3. The van der Waals surface area contributed by atoms with Gasteiger partial charge in [0, 0.05) is 11.3 Å². The van der Waals surface area contributed by atoms with Gasteiger partial charge >= 0.3 is 0 Å². The molecule has 1 aliphatic rings. The van der Waals surface area contributed by atoms with Crippen molar-refractivity contribution in [1.29, 1.82) is 0 Å². The first-order valence-electron chi connectivity index (χ1n) is 8.79. The first-order chi connectivity index (χ1) is 13.3. The summed E-state index contributed by atoms with van der Waals surface area (Å²) in [7, 11) is 0. The largest absolute Gasteiger partial charge is 0.489 e. The summed E-state index contributed by atoms with van der Waals surface area (Å²) in [5, 5.41) is 3.48. The van der Waals surface area contributed by atoms with Gasteiger partial charge in [0.1, 0.15) is 24.3 Å². The number of rotatable bonds is 6. The van der Waals surface area contributed by atoms with Crippen molar-refractivity contribution in [1.82, 2.24) is 4.90 Å². The molecule has 136 valence electrons. The van der Waals surface area contributed by atoms with Crippen LogP contribution in [0.2, 0.25) is 0 Å². The summed E-state index contributed by atoms with van der Waals surface area (Å²) in [4.78, 5) is 15.0. The third kappa shape index (κ3) is 3.31. The smallest absolute Gasteiger partial charge is 0.258 e. The van der Waals surface area contributed by atoms with Gasteiger partial charge in [0.25, 0.3) is 5.91 Å². The number of carbonyl (C=O) groups excluding carboxylic acids is 1. The molecule has 1 amide bonds. The fraction of sp³-hybridized carbons (Fsp3) is 0.136. The van der Waals surface area contributed by atoms with Crippen LogP contribution in [0.15, 0.2) is 84.0 Å². The van der Waals surface area contributed by atoms with Gasteiger partial charge in [-0.05, 0) is 30.3 Å². The summed E-state index contributed by atoms with van der Waals surface area (Å²) in [6.45, 7) is 4.46. The van der Waals surface area contributed by atoms with E-state index in [1.807, 2.05) is 60.7 Å². The molecule has 0 bridgehead atoms. The highest BCUT2D eigenvalue weighted by Gasteiger charge is 2.34. The molecule has 0 fully saturated rings. The molecular weight excluding hydrogens is 340 g/mol. The average Bonchev–Trinajstić information content (AvgIpc) is 3.22. The first kappa shape index (κ1) is 17.0. The average molecular weight is 360 g/mol. The number of hydrogen-bond donors (Lipinski definition) is 1. The molecule has 0 radical (unpaired) electrons. The molecule has 5 nitrogen and oxygen atoms in total. The Labute approximate surface area is 157 Å². The lowest BCUT2D eigenvalue weighted by atomic mass is 10.0. The van der Waals surface area contributed by atoms with E-state index in [-0.39, 0.29) is 12.1 Å². The zero-order valence-corrected chi connectivity index (χ0v) is 14.8. The Kier molecular flexibility index (Phi) is 4.66. The van der Waals surface area contributed by atoms with Gasteiger partial charge in [0.2, 0.25) is 0 Å². The van der Waals surface area contributed by atoms with E-state index in [9.17, 15) is 4.79 Å². The highest BCUT2D eigenvalue weighted by molar-refractivity contribution is 6.01. The summed E-state index contributed by atoms with van der Waals surface area (Å²) < 4.78 is 11.3. The number of benzene rings is 2. The molecule has 4 rings (SSSR count). The van der Waals surface area contributed by atoms with Crippen LogP contribution in [0.4, 0.5) is 5.69 Å². The normalized spacial score (nSPS) is 15.8. The second-order valence-corrected chi connectivity index (χ2v) is 6.24. The van der Waals surface area contributed by atoms with Gasteiger partial charge in [-0.25, -0.2) is 0 Å². The summed E-state index contributed by atoms with van der Waals surface area (Å²) in [6.07, 6.45) is 2.94. The minimum Gasteiger partial charge on any atom is -0.489 e. The van der Waals surface area contributed by atoms with E-state index in [2.05, 4.69) is 11.9 Å². The number of para-hydroxylation sites is 2. The minimum absolute atomic E-state index is 0.0516. The highest BCUT2D eigenvalue weighted by Crippen LogP contribution is 2.37. The number of hydrogen-bond acceptors (Lipinski definition) is 4. The number of anilines is 1. The molecule has 3 aromatic rings. The predicted octanol–water partition coefficient (Wildman–Crippen LogP) is 4.61. The van der Waals surface area contributed by atoms with Crippen LogP contribution in [-0.2, 0) is 6.54 Å². The van der Waals surface area contributed by atoms with Crippen LogP contribution in [0.5, 0.6) is 5.75 Å². The Morgan fingerprint density at radius 3 is 2.74 bits per heavy atom. The maximum Gasteiger partial charge on any atom is 0.258 e. The molecule has 0 saturated carbocycles. The maximum atomic E-state index is 13.2. The molecule has 2 heterocycles. The first-order valence-corrected chi connectivity index (χ1v) is 8.79. The van der Waals surface area contributed by atoms with Gasteiger partial charge in [-0.15, -0.1) is 0 Å². The highest BCUT2D eigenvalue weighted by atomic mass is 16.5. The van der Waals surface area contributed by atoms with Gasteiger partial charge in [-0.3, -0.25) is 4.79 Å². The lowest BCUT2D eigenvalue weighted by Gasteiger charge is -2.38. The number of carbonyl (C=O) groups is 1. The maximum absolute atomic E-state index is 13.2. The Bertz CT molecular complexity index is 950. The lowest BCUT2D eigenvalue weighted by Crippen LogP contribution is -2.42. The third-order valence-electron chi connectivity index (χ3n) is 4.50. The van der Waals surface area contributed by atoms with Crippen molar-refractivity contribution in [3.63, 3.8) is 0 Å². The number of nitrogens with one attached hydrogen (secondary N) is 1. The molecule has 1 aliphatic heterocycles. The quantitative estimate of drug-likeness (QED) is 0.652. The van der Waals surface area contributed by atoms with Crippen molar-refractivity contribution in [2.24, 2.45) is 0 Å². The van der Waals surface area contributed by atoms with E-state index in [1.165, 1.54) is 0 Å². The zero-order chi connectivity index (χ0) is 18.6. The molecule has 0 saturated heterocycles. The van der Waals surface area contributed by atoms with Crippen molar-refractivity contribution in [3.8, 4) is 5.75 Å². The summed E-state index contributed by atoms with van der Waals surface area (Å²) in [5.74, 6) is 1.38. The standard InChI is InChI=1S/C22H20N2O3/c1-2-13-27-20-12-6-4-10-18(20)21-23-19-11-5-3-9-17(19)22(25)24(21)15-16-8-7-14-26-16/h2-12,14,21,23H,1,13,15H2. The van der Waals surface area contributed by atoms with Crippen LogP contribution in [0.1, 0.15) is 27.8 Å². The Hall–Kier alpha value is -3.47. The number of fused-ring (bicyclic) bond motifs is 1. The minimum atomic E-state index is -0.376. The molecule has 5 heteroatoms. The number of amides is 1. The number of furan rings is 1. The van der Waals surface area contributed by atoms with Crippen molar-refractivity contribution >= 4 is 11.6 Å². The molecule has 2 aromatic carbocycles. The molecule has 1 unspecified atom stereocenters. The van der Waals surface area contributed by atoms with E-state index in [0.717, 1.165) is 17.0 Å². The van der Waals surface area contributed by atoms with Gasteiger partial charge in [0.15, 0.2) is 0 Å². The molecule has 0 spiro atoms. The second kappa shape index (κ2) is 7.41. The third-order valence-corrected chi connectivity index (χ3v) is 4.50. The molecule has 27 heavy (non-hydrogen) atoms. The summed E-state index contributed by atoms with van der Waals surface area (Å²) in [5.41, 5.74) is 2.33. The summed E-state index contributed by atoms with van der Waals surface area (Å²) in [6, 6.07) is 18.9. The summed E-state index contributed by atoms with van der Waals surface area (Å²) >= 11 is 0. The number of nitrogens with zero attached hydrogens (tertiary/aromatic N) is 1. The van der Waals surface area contributed by atoms with Gasteiger partial charge in [-0.1, -0.05) is 43.0 Å². The SMILES string of the molecule is C=CCOc1ccccc1C1Nc2ccccc2C(=O)N1Cc1ccco1. The molecule has 0 aliphatic carbocycles. The van der Waals surface area contributed by atoms with Crippen LogP contribution >= 0.6 is 0 Å². The van der Waals surface area contributed by atoms with Crippen molar-refractivity contribution in [2.75, 3.05) is 11.9 Å². The van der Waals surface area contributed by atoms with E-state index in [0.29, 0.717) is 24.5 Å². The van der Waals surface area contributed by atoms with E-state index in [1.54, 1.807) is 17.2 Å². The van der Waals surface area contributed by atoms with Crippen LogP contribution < -0.4 is 10.1 Å². The van der Waals surface area contributed by atoms with Crippen molar-refractivity contribution in [2.45, 2.75) is 12.7 Å². The number of ether oxygens (including phenoxy) is 1. The van der Waals surface area contributed by atoms with E-state index >= 15 is 0 Å². The van der Waals surface area contributed by atoms with Crippen molar-refractivity contribution < 1.29 is 13.9 Å². The topological polar surface area (TPSA) is 54.7 Å². The zero-order valence-electron chi connectivity index (χ0n) is 14.8. The van der Waals surface area contributed by atoms with Gasteiger partial charge < -0.3 is 19.4 Å². The van der Waals surface area contributed by atoms with Gasteiger partial charge in [-0.2, -0.15) is 0 Å². The second-order valence-electron chi connectivity index (χ2n) is 6.24. The van der Waals surface area contributed by atoms with E-state index in [4.69, 9.17) is 9.15 Å². The Morgan fingerprint density at radius 2 is 1.93 bits per heavy atom. The molecule has 1 atom stereocenters. The van der Waals surface area contributed by atoms with Gasteiger partial charge in [0.05, 0.1) is 18.4 Å². The molecule has 1 N–H and O–H groups in total. The fourth-order valence-corrected chi connectivity index (χ4v) is 3.26. The Morgan fingerprint density at radius 1 is 1.11 bits per heavy atom. The lowest BCUT2D eigenvalue weighted by molar-refractivity contribution is 0.0649. The van der Waals surface area contributed by atoms with E-state index < -0.39 is 0 Å². The van der Waals surface area contributed by atoms with Crippen LogP contribution in [-0.4, -0.2) is 17.4 Å². The monoisotopic (exact) mass is 360 g/mol. The fourth-order valence-electron chi connectivity index (χ4n) is 3.26. The van der Waals surface area contributed by atoms with Crippen LogP contribution in [0, 0.1) is 0 Å².